The van der Waals surface area contributed by atoms with Crippen LogP contribution in [0.4, 0.5) is 10.5 Å². The molecule has 2 aliphatic rings. The van der Waals surface area contributed by atoms with Crippen LogP contribution in [0.3, 0.4) is 0 Å². The molecule has 1 aromatic heterocycles. The topological polar surface area (TPSA) is 76.5 Å². The van der Waals surface area contributed by atoms with Gasteiger partial charge in [-0.05, 0) is 24.3 Å². The molecule has 1 saturated heterocycles. The van der Waals surface area contributed by atoms with Gasteiger partial charge in [0.1, 0.15) is 6.10 Å². The number of thioether (sulfide) groups is 1. The molecule has 4 rings (SSSR count). The van der Waals surface area contributed by atoms with Gasteiger partial charge in [0.25, 0.3) is 0 Å². The van der Waals surface area contributed by atoms with E-state index < -0.39 is 0 Å². The monoisotopic (exact) mass is 344 g/mol. The molecule has 1 unspecified atom stereocenters. The van der Waals surface area contributed by atoms with Gasteiger partial charge in [-0.3, -0.25) is 4.90 Å². The maximum Gasteiger partial charge on any atom is 0.338 e. The van der Waals surface area contributed by atoms with Crippen molar-refractivity contribution in [3.8, 4) is 0 Å². The van der Waals surface area contributed by atoms with Gasteiger partial charge in [0.05, 0.1) is 12.1 Å². The number of hydrogen-bond acceptors (Lipinski definition) is 5. The number of nitrogens with zero attached hydrogens (tertiary/aromatic N) is 3. The van der Waals surface area contributed by atoms with Gasteiger partial charge >= 0.3 is 12.0 Å². The van der Waals surface area contributed by atoms with Gasteiger partial charge in [-0.1, -0.05) is 11.8 Å². The zero-order chi connectivity index (χ0) is 16.5. The molecule has 2 amide bonds. The van der Waals surface area contributed by atoms with Gasteiger partial charge in [-0.2, -0.15) is 0 Å². The van der Waals surface area contributed by atoms with Crippen LogP contribution in [-0.2, 0) is 11.3 Å². The smallest absolute Gasteiger partial charge is 0.338 e. The SMILES string of the molecule is O=C(OC1CSc2nccn2C1)c1ccc(N2CCNC2=O)cc1. The van der Waals surface area contributed by atoms with E-state index in [2.05, 4.69) is 10.3 Å². The summed E-state index contributed by atoms with van der Waals surface area (Å²) in [4.78, 5) is 29.8. The van der Waals surface area contributed by atoms with Crippen molar-refractivity contribution >= 4 is 29.4 Å². The standard InChI is InChI=1S/C16H16N4O3S/c21-14(23-13-9-19-7-5-18-16(19)24-10-13)11-1-3-12(4-2-11)20-8-6-17-15(20)22/h1-5,7,13H,6,8-10H2,(H,17,22). The number of amides is 2. The van der Waals surface area contributed by atoms with Crippen molar-refractivity contribution in [2.24, 2.45) is 0 Å². The minimum Gasteiger partial charge on any atom is -0.456 e. The number of carbonyl (C=O) groups excluding carboxylic acids is 2. The molecule has 124 valence electrons. The number of rotatable bonds is 3. The third-order valence-corrected chi connectivity index (χ3v) is 5.16. The molecule has 2 aromatic rings. The second-order valence-electron chi connectivity index (χ2n) is 5.63. The lowest BCUT2D eigenvalue weighted by atomic mass is 10.2. The molecule has 0 saturated carbocycles. The average Bonchev–Trinajstić information content (AvgIpc) is 3.23. The molecular weight excluding hydrogens is 328 g/mol. The summed E-state index contributed by atoms with van der Waals surface area (Å²) >= 11 is 1.58. The maximum atomic E-state index is 12.3. The van der Waals surface area contributed by atoms with Crippen LogP contribution < -0.4 is 10.2 Å². The predicted octanol–water partition coefficient (Wildman–Crippen LogP) is 1.74. The average molecular weight is 344 g/mol. The third kappa shape index (κ3) is 2.84. The van der Waals surface area contributed by atoms with E-state index in [1.165, 1.54) is 0 Å². The summed E-state index contributed by atoms with van der Waals surface area (Å²) in [6.07, 6.45) is 3.46. The van der Waals surface area contributed by atoms with Crippen LogP contribution in [0.5, 0.6) is 0 Å². The fraction of sp³-hybridized carbons (Fsp3) is 0.312. The van der Waals surface area contributed by atoms with E-state index in [0.717, 1.165) is 10.8 Å². The van der Waals surface area contributed by atoms with Crippen LogP contribution in [0.1, 0.15) is 10.4 Å². The van der Waals surface area contributed by atoms with Crippen molar-refractivity contribution in [2.75, 3.05) is 23.7 Å². The fourth-order valence-corrected chi connectivity index (χ4v) is 3.75. The molecule has 8 heteroatoms. The number of carbonyl (C=O) groups is 2. The Bertz CT molecular complexity index is 774. The Hall–Kier alpha value is -2.48. The Morgan fingerprint density at radius 2 is 2.17 bits per heavy atom. The van der Waals surface area contributed by atoms with E-state index in [4.69, 9.17) is 4.74 Å². The summed E-state index contributed by atoms with van der Waals surface area (Å²) < 4.78 is 7.58. The first kappa shape index (κ1) is 15.1. The summed E-state index contributed by atoms with van der Waals surface area (Å²) in [5.74, 6) is 0.357. The van der Waals surface area contributed by atoms with E-state index in [9.17, 15) is 9.59 Å². The van der Waals surface area contributed by atoms with Crippen molar-refractivity contribution < 1.29 is 14.3 Å². The summed E-state index contributed by atoms with van der Waals surface area (Å²) in [5.41, 5.74) is 1.26. The van der Waals surface area contributed by atoms with Crippen LogP contribution >= 0.6 is 11.8 Å². The van der Waals surface area contributed by atoms with E-state index in [1.807, 2.05) is 10.8 Å². The molecule has 1 fully saturated rings. The first-order chi connectivity index (χ1) is 11.7. The highest BCUT2D eigenvalue weighted by Crippen LogP contribution is 2.25. The summed E-state index contributed by atoms with van der Waals surface area (Å²) in [7, 11) is 0. The van der Waals surface area contributed by atoms with Crippen LogP contribution in [-0.4, -0.2) is 46.5 Å². The van der Waals surface area contributed by atoms with Gasteiger partial charge < -0.3 is 14.6 Å². The lowest BCUT2D eigenvalue weighted by molar-refractivity contribution is 0.0304. The molecule has 1 aromatic carbocycles. The minimum atomic E-state index is -0.346. The zero-order valence-corrected chi connectivity index (χ0v) is 13.7. The third-order valence-electron chi connectivity index (χ3n) is 4.02. The van der Waals surface area contributed by atoms with E-state index in [1.54, 1.807) is 47.1 Å². The fourth-order valence-electron chi connectivity index (χ4n) is 2.80. The van der Waals surface area contributed by atoms with Crippen LogP contribution in [0.2, 0.25) is 0 Å². The Kier molecular flexibility index (Phi) is 3.89. The highest BCUT2D eigenvalue weighted by molar-refractivity contribution is 7.99. The molecule has 3 heterocycles. The summed E-state index contributed by atoms with van der Waals surface area (Å²) in [5, 5.41) is 3.71. The molecule has 24 heavy (non-hydrogen) atoms. The molecule has 2 aliphatic heterocycles. The number of benzene rings is 1. The Labute approximate surface area is 143 Å². The van der Waals surface area contributed by atoms with E-state index in [0.29, 0.717) is 31.0 Å². The second-order valence-corrected chi connectivity index (χ2v) is 6.62. The van der Waals surface area contributed by atoms with Gasteiger partial charge in [0.2, 0.25) is 0 Å². The molecule has 0 radical (unpaired) electrons. The lowest BCUT2D eigenvalue weighted by Gasteiger charge is -2.23. The Morgan fingerprint density at radius 1 is 1.33 bits per heavy atom. The first-order valence-corrected chi connectivity index (χ1v) is 8.69. The number of fused-ring (bicyclic) bond motifs is 1. The van der Waals surface area contributed by atoms with Gasteiger partial charge in [-0.15, -0.1) is 0 Å². The Balaban J connectivity index is 1.41. The van der Waals surface area contributed by atoms with Crippen molar-refractivity contribution in [3.63, 3.8) is 0 Å². The molecular formula is C16H16N4O3S. The quantitative estimate of drug-likeness (QED) is 0.859. The van der Waals surface area contributed by atoms with Crippen molar-refractivity contribution in [3.05, 3.63) is 42.2 Å². The van der Waals surface area contributed by atoms with E-state index in [-0.39, 0.29) is 18.1 Å². The van der Waals surface area contributed by atoms with Gasteiger partial charge in [-0.25, -0.2) is 14.6 Å². The number of ether oxygens (including phenoxy) is 1. The molecule has 1 atom stereocenters. The number of imidazole rings is 1. The largest absolute Gasteiger partial charge is 0.456 e. The maximum absolute atomic E-state index is 12.3. The van der Waals surface area contributed by atoms with E-state index >= 15 is 0 Å². The number of nitrogens with one attached hydrogen (secondary N) is 1. The van der Waals surface area contributed by atoms with Crippen molar-refractivity contribution in [1.82, 2.24) is 14.9 Å². The highest BCUT2D eigenvalue weighted by atomic mass is 32.2. The van der Waals surface area contributed by atoms with Crippen LogP contribution in [0.25, 0.3) is 0 Å². The second kappa shape index (κ2) is 6.20. The zero-order valence-electron chi connectivity index (χ0n) is 12.8. The molecule has 0 spiro atoms. The molecule has 7 nitrogen and oxygen atoms in total. The minimum absolute atomic E-state index is 0.110. The summed E-state index contributed by atoms with van der Waals surface area (Å²) in [6.45, 7) is 1.90. The number of urea groups is 1. The first-order valence-electron chi connectivity index (χ1n) is 7.71. The molecule has 1 N–H and O–H groups in total. The molecule has 0 aliphatic carbocycles. The summed E-state index contributed by atoms with van der Waals surface area (Å²) in [6, 6.07) is 6.82. The number of hydrogen-bond donors (Lipinski definition) is 1. The van der Waals surface area contributed by atoms with Crippen molar-refractivity contribution in [2.45, 2.75) is 17.8 Å². The lowest BCUT2D eigenvalue weighted by Crippen LogP contribution is -2.29. The predicted molar refractivity (Wildman–Crippen MR) is 89.3 cm³/mol. The number of aromatic nitrogens is 2. The van der Waals surface area contributed by atoms with Crippen molar-refractivity contribution in [1.29, 1.82) is 0 Å². The van der Waals surface area contributed by atoms with Gasteiger partial charge in [0.15, 0.2) is 5.16 Å². The Morgan fingerprint density at radius 3 is 2.92 bits per heavy atom. The van der Waals surface area contributed by atoms with Crippen LogP contribution in [0, 0.1) is 0 Å². The highest BCUT2D eigenvalue weighted by Gasteiger charge is 2.24. The molecule has 0 bridgehead atoms. The number of esters is 1. The van der Waals surface area contributed by atoms with Crippen LogP contribution in [0.15, 0.2) is 41.8 Å². The van der Waals surface area contributed by atoms with Gasteiger partial charge in [0, 0.05) is 36.9 Å². The number of anilines is 1. The normalized spacial score (nSPS) is 19.8.